The maximum absolute atomic E-state index is 9.34. The Morgan fingerprint density at radius 1 is 1.24 bits per heavy atom. The van der Waals surface area contributed by atoms with Crippen LogP contribution in [0.3, 0.4) is 0 Å². The first-order chi connectivity index (χ1) is 10.3. The van der Waals surface area contributed by atoms with Gasteiger partial charge in [0.05, 0.1) is 11.6 Å². The summed E-state index contributed by atoms with van der Waals surface area (Å²) in [5.41, 5.74) is 1.34. The molecule has 21 heavy (non-hydrogen) atoms. The van der Waals surface area contributed by atoms with Crippen LogP contribution in [-0.4, -0.2) is 13.1 Å². The molecule has 1 saturated heterocycles. The van der Waals surface area contributed by atoms with E-state index in [9.17, 15) is 5.26 Å². The van der Waals surface area contributed by atoms with Crippen LogP contribution in [0.15, 0.2) is 40.8 Å². The number of nitriles is 1. The van der Waals surface area contributed by atoms with Crippen LogP contribution in [0.1, 0.15) is 24.2 Å². The number of rotatable bonds is 3. The zero-order valence-corrected chi connectivity index (χ0v) is 12.3. The van der Waals surface area contributed by atoms with Gasteiger partial charge in [-0.1, -0.05) is 23.7 Å². The number of benzene rings is 1. The molecule has 1 aliphatic heterocycles. The summed E-state index contributed by atoms with van der Waals surface area (Å²) in [6, 6.07) is 13.3. The molecule has 3 nitrogen and oxygen atoms in total. The summed E-state index contributed by atoms with van der Waals surface area (Å²) in [5, 5.41) is 9.95. The third-order valence-corrected chi connectivity index (χ3v) is 3.81. The predicted molar refractivity (Wildman–Crippen MR) is 85.1 cm³/mol. The lowest BCUT2D eigenvalue weighted by Gasteiger charge is -2.12. The number of hydrogen-bond acceptors (Lipinski definition) is 3. The standard InChI is InChI=1S/C17H15ClN2O/c18-15-5-3-4-13(10-15)14(12-19)11-16-6-7-17(21-16)20-8-1-2-9-20/h3-7,10-11H,1-2,8-9H2/b14-11-. The third-order valence-electron chi connectivity index (χ3n) is 3.57. The molecule has 2 heterocycles. The Morgan fingerprint density at radius 3 is 2.76 bits per heavy atom. The fourth-order valence-corrected chi connectivity index (χ4v) is 2.70. The van der Waals surface area contributed by atoms with Gasteiger partial charge in [0.15, 0.2) is 5.88 Å². The lowest BCUT2D eigenvalue weighted by atomic mass is 10.1. The minimum atomic E-state index is 0.542. The van der Waals surface area contributed by atoms with Gasteiger partial charge < -0.3 is 9.32 Å². The van der Waals surface area contributed by atoms with Crippen LogP contribution in [0.5, 0.6) is 0 Å². The molecule has 1 aliphatic rings. The fourth-order valence-electron chi connectivity index (χ4n) is 2.51. The van der Waals surface area contributed by atoms with Gasteiger partial charge in [0.1, 0.15) is 5.76 Å². The molecule has 3 rings (SSSR count). The van der Waals surface area contributed by atoms with Crippen LogP contribution in [0.2, 0.25) is 5.02 Å². The lowest BCUT2D eigenvalue weighted by Crippen LogP contribution is -2.16. The van der Waals surface area contributed by atoms with Gasteiger partial charge >= 0.3 is 0 Å². The average Bonchev–Trinajstić information content (AvgIpc) is 3.15. The van der Waals surface area contributed by atoms with Crippen LogP contribution in [-0.2, 0) is 0 Å². The number of furan rings is 1. The number of allylic oxidation sites excluding steroid dienone is 1. The highest BCUT2D eigenvalue weighted by atomic mass is 35.5. The monoisotopic (exact) mass is 298 g/mol. The quantitative estimate of drug-likeness (QED) is 0.778. The summed E-state index contributed by atoms with van der Waals surface area (Å²) in [4.78, 5) is 2.22. The van der Waals surface area contributed by atoms with Crippen molar-refractivity contribution >= 4 is 29.1 Å². The molecule has 1 aromatic carbocycles. The highest BCUT2D eigenvalue weighted by Crippen LogP contribution is 2.26. The Hall–Kier alpha value is -2.18. The lowest BCUT2D eigenvalue weighted by molar-refractivity contribution is 0.548. The van der Waals surface area contributed by atoms with Crippen LogP contribution < -0.4 is 4.90 Å². The highest BCUT2D eigenvalue weighted by molar-refractivity contribution is 6.30. The summed E-state index contributed by atoms with van der Waals surface area (Å²) >= 11 is 5.97. The average molecular weight is 299 g/mol. The number of hydrogen-bond donors (Lipinski definition) is 0. The van der Waals surface area contributed by atoms with Gasteiger partial charge in [-0.3, -0.25) is 0 Å². The summed E-state index contributed by atoms with van der Waals surface area (Å²) in [6.07, 6.45) is 4.17. The van der Waals surface area contributed by atoms with Crippen molar-refractivity contribution in [2.75, 3.05) is 18.0 Å². The third kappa shape index (κ3) is 3.12. The molecule has 0 unspecified atom stereocenters. The molecule has 106 valence electrons. The van der Waals surface area contributed by atoms with Crippen molar-refractivity contribution in [2.45, 2.75) is 12.8 Å². The normalized spacial score (nSPS) is 15.2. The van der Waals surface area contributed by atoms with E-state index in [1.165, 1.54) is 12.8 Å². The molecule has 0 bridgehead atoms. The second-order valence-corrected chi connectivity index (χ2v) is 5.49. The SMILES string of the molecule is N#C/C(=C/c1ccc(N2CCCC2)o1)c1cccc(Cl)c1. The zero-order valence-electron chi connectivity index (χ0n) is 11.6. The topological polar surface area (TPSA) is 40.2 Å². The molecule has 0 saturated carbocycles. The number of nitrogens with zero attached hydrogens (tertiary/aromatic N) is 2. The summed E-state index contributed by atoms with van der Waals surface area (Å²) in [6.45, 7) is 2.08. The first kappa shape index (κ1) is 13.8. The molecule has 0 aliphatic carbocycles. The molecule has 4 heteroatoms. The molecule has 1 fully saturated rings. The fraction of sp³-hybridized carbons (Fsp3) is 0.235. The molecule has 0 amide bonds. The number of anilines is 1. The van der Waals surface area contributed by atoms with Crippen LogP contribution in [0, 0.1) is 11.3 Å². The van der Waals surface area contributed by atoms with Crippen molar-refractivity contribution < 1.29 is 4.42 Å². The van der Waals surface area contributed by atoms with Crippen molar-refractivity contribution in [3.63, 3.8) is 0 Å². The molecule has 2 aromatic rings. The Bertz CT molecular complexity index is 706. The number of halogens is 1. The van der Waals surface area contributed by atoms with E-state index < -0.39 is 0 Å². The van der Waals surface area contributed by atoms with Crippen LogP contribution in [0.4, 0.5) is 5.88 Å². The molecular formula is C17H15ClN2O. The van der Waals surface area contributed by atoms with Crippen LogP contribution >= 0.6 is 11.6 Å². The van der Waals surface area contributed by atoms with E-state index in [4.69, 9.17) is 16.0 Å². The van der Waals surface area contributed by atoms with Gasteiger partial charge in [0.25, 0.3) is 0 Å². The smallest absolute Gasteiger partial charge is 0.196 e. The minimum absolute atomic E-state index is 0.542. The minimum Gasteiger partial charge on any atom is -0.441 e. The van der Waals surface area contributed by atoms with Gasteiger partial charge in [-0.15, -0.1) is 0 Å². The summed E-state index contributed by atoms with van der Waals surface area (Å²) in [5.74, 6) is 1.57. The van der Waals surface area contributed by atoms with Gasteiger partial charge in [0, 0.05) is 24.2 Å². The second-order valence-electron chi connectivity index (χ2n) is 5.05. The highest BCUT2D eigenvalue weighted by Gasteiger charge is 2.15. The van der Waals surface area contributed by atoms with Gasteiger partial charge in [0.2, 0.25) is 0 Å². The molecular weight excluding hydrogens is 284 g/mol. The second kappa shape index (κ2) is 6.07. The van der Waals surface area contributed by atoms with Gasteiger partial charge in [-0.2, -0.15) is 5.26 Å². The largest absolute Gasteiger partial charge is 0.441 e. The van der Waals surface area contributed by atoms with Crippen molar-refractivity contribution in [3.05, 3.63) is 52.7 Å². The van der Waals surface area contributed by atoms with E-state index in [0.29, 0.717) is 16.4 Å². The van der Waals surface area contributed by atoms with Crippen molar-refractivity contribution in [1.82, 2.24) is 0 Å². The first-order valence-corrected chi connectivity index (χ1v) is 7.36. The Labute approximate surface area is 129 Å². The van der Waals surface area contributed by atoms with E-state index >= 15 is 0 Å². The van der Waals surface area contributed by atoms with E-state index in [2.05, 4.69) is 11.0 Å². The zero-order chi connectivity index (χ0) is 14.7. The Morgan fingerprint density at radius 2 is 2.05 bits per heavy atom. The molecule has 1 aromatic heterocycles. The van der Waals surface area contributed by atoms with Gasteiger partial charge in [-0.25, -0.2) is 0 Å². The summed E-state index contributed by atoms with van der Waals surface area (Å²) < 4.78 is 5.82. The first-order valence-electron chi connectivity index (χ1n) is 6.99. The summed E-state index contributed by atoms with van der Waals surface area (Å²) in [7, 11) is 0. The molecule has 0 radical (unpaired) electrons. The van der Waals surface area contributed by atoms with E-state index in [-0.39, 0.29) is 0 Å². The molecule has 0 spiro atoms. The Kier molecular flexibility index (Phi) is 3.98. The molecule has 0 N–H and O–H groups in total. The van der Waals surface area contributed by atoms with Crippen molar-refractivity contribution in [1.29, 1.82) is 5.26 Å². The van der Waals surface area contributed by atoms with E-state index in [1.807, 2.05) is 24.3 Å². The Balaban J connectivity index is 1.87. The maximum atomic E-state index is 9.34. The van der Waals surface area contributed by atoms with E-state index in [1.54, 1.807) is 18.2 Å². The van der Waals surface area contributed by atoms with Crippen LogP contribution in [0.25, 0.3) is 11.6 Å². The van der Waals surface area contributed by atoms with Crippen molar-refractivity contribution in [3.8, 4) is 6.07 Å². The predicted octanol–water partition coefficient (Wildman–Crippen LogP) is 4.60. The van der Waals surface area contributed by atoms with E-state index in [0.717, 1.165) is 24.5 Å². The molecule has 0 atom stereocenters. The maximum Gasteiger partial charge on any atom is 0.196 e. The van der Waals surface area contributed by atoms with Gasteiger partial charge in [-0.05, 0) is 42.7 Å². The van der Waals surface area contributed by atoms with Crippen molar-refractivity contribution in [2.24, 2.45) is 0 Å².